The molecule has 4 rings (SSSR count). The fourth-order valence-corrected chi connectivity index (χ4v) is 3.32. The van der Waals surface area contributed by atoms with Crippen LogP contribution in [-0.4, -0.2) is 27.4 Å². The predicted octanol–water partition coefficient (Wildman–Crippen LogP) is 5.43. The molecule has 0 aliphatic rings. The second-order valence-corrected chi connectivity index (χ2v) is 7.93. The molecule has 0 bridgehead atoms. The van der Waals surface area contributed by atoms with Crippen LogP contribution in [0.5, 0.6) is 11.6 Å². The molecule has 6 heteroatoms. The molecule has 0 atom stereocenters. The van der Waals surface area contributed by atoms with E-state index in [0.717, 1.165) is 16.8 Å². The summed E-state index contributed by atoms with van der Waals surface area (Å²) in [4.78, 5) is 26.3. The van der Waals surface area contributed by atoms with Gasteiger partial charge in [-0.25, -0.2) is 4.98 Å². The van der Waals surface area contributed by atoms with Crippen LogP contribution in [0.4, 0.5) is 0 Å². The van der Waals surface area contributed by atoms with E-state index < -0.39 is 0 Å². The Balaban J connectivity index is 1.59. The average molecular weight is 439 g/mol. The molecular weight excluding hydrogens is 412 g/mol. The summed E-state index contributed by atoms with van der Waals surface area (Å²) in [7, 11) is 0. The van der Waals surface area contributed by atoms with Gasteiger partial charge in [0.05, 0.1) is 0 Å². The Morgan fingerprint density at radius 1 is 0.970 bits per heavy atom. The third kappa shape index (κ3) is 5.80. The van der Waals surface area contributed by atoms with Crippen molar-refractivity contribution in [1.82, 2.24) is 20.3 Å². The van der Waals surface area contributed by atoms with Crippen LogP contribution in [0.2, 0.25) is 0 Å². The van der Waals surface area contributed by atoms with Gasteiger partial charge in [0.1, 0.15) is 11.3 Å². The van der Waals surface area contributed by atoms with Crippen LogP contribution < -0.4 is 10.1 Å². The number of aromatic nitrogens is 3. The first-order chi connectivity index (χ1) is 16.1. The van der Waals surface area contributed by atoms with Gasteiger partial charge in [0, 0.05) is 36.6 Å². The van der Waals surface area contributed by atoms with Gasteiger partial charge in [-0.3, -0.25) is 9.78 Å². The second kappa shape index (κ2) is 10.5. The average Bonchev–Trinajstić information content (AvgIpc) is 2.85. The molecule has 0 fully saturated rings. The highest BCUT2D eigenvalue weighted by Crippen LogP contribution is 2.28. The molecule has 6 nitrogen and oxygen atoms in total. The number of hydrogen-bond acceptors (Lipinski definition) is 5. The van der Waals surface area contributed by atoms with Crippen molar-refractivity contribution < 1.29 is 9.53 Å². The van der Waals surface area contributed by atoms with Crippen molar-refractivity contribution in [3.05, 3.63) is 102 Å². The van der Waals surface area contributed by atoms with E-state index in [2.05, 4.69) is 40.2 Å². The number of carbonyl (C=O) groups is 1. The summed E-state index contributed by atoms with van der Waals surface area (Å²) in [5, 5.41) is 2.92. The molecule has 0 spiro atoms. The number of nitrogens with zero attached hydrogens (tertiary/aromatic N) is 3. The lowest BCUT2D eigenvalue weighted by Crippen LogP contribution is -2.26. The Labute approximate surface area is 193 Å². The molecule has 2 aromatic carbocycles. The van der Waals surface area contributed by atoms with Gasteiger partial charge >= 0.3 is 0 Å². The van der Waals surface area contributed by atoms with Crippen LogP contribution >= 0.6 is 0 Å². The third-order valence-electron chi connectivity index (χ3n) is 5.16. The molecule has 0 saturated heterocycles. The van der Waals surface area contributed by atoms with Gasteiger partial charge in [0.25, 0.3) is 5.91 Å². The molecule has 0 aliphatic heterocycles. The minimum atomic E-state index is -0.291. The summed E-state index contributed by atoms with van der Waals surface area (Å²) < 4.78 is 6.12. The highest BCUT2D eigenvalue weighted by atomic mass is 16.5. The quantitative estimate of drug-likeness (QED) is 0.397. The van der Waals surface area contributed by atoms with Crippen LogP contribution in [0.3, 0.4) is 0 Å². The summed E-state index contributed by atoms with van der Waals surface area (Å²) in [5.41, 5.74) is 3.19. The molecule has 166 valence electrons. The Bertz CT molecular complexity index is 1210. The lowest BCUT2D eigenvalue weighted by atomic mass is 10.0. The highest BCUT2D eigenvalue weighted by Gasteiger charge is 2.18. The first-order valence-electron chi connectivity index (χ1n) is 11.0. The van der Waals surface area contributed by atoms with Gasteiger partial charge in [0.15, 0.2) is 5.82 Å². The van der Waals surface area contributed by atoms with E-state index in [9.17, 15) is 4.79 Å². The molecule has 2 heterocycles. The van der Waals surface area contributed by atoms with Gasteiger partial charge < -0.3 is 10.1 Å². The number of ether oxygens (including phenoxy) is 1. The van der Waals surface area contributed by atoms with Crippen LogP contribution in [0.1, 0.15) is 41.4 Å². The van der Waals surface area contributed by atoms with E-state index in [0.29, 0.717) is 30.5 Å². The number of carbonyl (C=O) groups excluding carboxylic acids is 1. The Morgan fingerprint density at radius 3 is 2.55 bits per heavy atom. The van der Waals surface area contributed by atoms with Crippen molar-refractivity contribution in [3.63, 3.8) is 0 Å². The van der Waals surface area contributed by atoms with Gasteiger partial charge in [-0.2, -0.15) is 4.98 Å². The van der Waals surface area contributed by atoms with Gasteiger partial charge in [-0.05, 0) is 35.7 Å². The van der Waals surface area contributed by atoms with Gasteiger partial charge in [-0.1, -0.05) is 62.4 Å². The maximum Gasteiger partial charge on any atom is 0.258 e. The Kier molecular flexibility index (Phi) is 7.05. The fourth-order valence-electron chi connectivity index (χ4n) is 3.32. The maximum absolute atomic E-state index is 13.0. The smallest absolute Gasteiger partial charge is 0.258 e. The van der Waals surface area contributed by atoms with Crippen LogP contribution in [0, 0.1) is 0 Å². The standard InChI is InChI=1S/C27H26N4O2/c1-19(2)21-11-8-13-23(17-21)33-27-24(18-30-25(31-27)20-9-4-3-5-10-20)26(32)29-16-14-22-12-6-7-15-28-22/h3-13,15,17-19H,14,16H2,1-2H3,(H,29,32). The van der Waals surface area contributed by atoms with Crippen LogP contribution in [0.15, 0.2) is 85.2 Å². The predicted molar refractivity (Wildman–Crippen MR) is 128 cm³/mol. The lowest BCUT2D eigenvalue weighted by molar-refractivity contribution is 0.0950. The minimum Gasteiger partial charge on any atom is -0.438 e. The normalized spacial score (nSPS) is 10.8. The molecule has 4 aromatic rings. The molecule has 0 aliphatic carbocycles. The largest absolute Gasteiger partial charge is 0.438 e. The Morgan fingerprint density at radius 2 is 1.79 bits per heavy atom. The number of nitrogens with one attached hydrogen (secondary N) is 1. The van der Waals surface area contributed by atoms with E-state index in [4.69, 9.17) is 4.74 Å². The number of hydrogen-bond donors (Lipinski definition) is 1. The Hall–Kier alpha value is -4.06. The van der Waals surface area contributed by atoms with Crippen LogP contribution in [-0.2, 0) is 6.42 Å². The zero-order chi connectivity index (χ0) is 23.0. The molecule has 0 unspecified atom stereocenters. The molecule has 33 heavy (non-hydrogen) atoms. The molecule has 1 amide bonds. The SMILES string of the molecule is CC(C)c1cccc(Oc2nc(-c3ccccc3)ncc2C(=O)NCCc2ccccn2)c1. The van der Waals surface area contributed by atoms with Crippen molar-refractivity contribution in [3.8, 4) is 23.0 Å². The summed E-state index contributed by atoms with van der Waals surface area (Å²) in [6, 6.07) is 23.2. The van der Waals surface area contributed by atoms with Crippen LogP contribution in [0.25, 0.3) is 11.4 Å². The van der Waals surface area contributed by atoms with Gasteiger partial charge in [-0.15, -0.1) is 0 Å². The monoisotopic (exact) mass is 438 g/mol. The highest BCUT2D eigenvalue weighted by molar-refractivity contribution is 5.96. The molecular formula is C27H26N4O2. The zero-order valence-electron chi connectivity index (χ0n) is 18.7. The lowest BCUT2D eigenvalue weighted by Gasteiger charge is -2.13. The van der Waals surface area contributed by atoms with E-state index >= 15 is 0 Å². The van der Waals surface area contributed by atoms with Crippen molar-refractivity contribution in [2.75, 3.05) is 6.54 Å². The molecule has 0 radical (unpaired) electrons. The number of benzene rings is 2. The molecule has 2 aromatic heterocycles. The van der Waals surface area contributed by atoms with Crippen molar-refractivity contribution in [2.45, 2.75) is 26.2 Å². The topological polar surface area (TPSA) is 77.0 Å². The molecule has 0 saturated carbocycles. The first kappa shape index (κ1) is 22.1. The number of amides is 1. The van der Waals surface area contributed by atoms with Crippen molar-refractivity contribution in [1.29, 1.82) is 0 Å². The summed E-state index contributed by atoms with van der Waals surface area (Å²) in [5.74, 6) is 1.41. The maximum atomic E-state index is 13.0. The summed E-state index contributed by atoms with van der Waals surface area (Å²) in [6.07, 6.45) is 3.89. The fraction of sp³-hybridized carbons (Fsp3) is 0.185. The van der Waals surface area contributed by atoms with E-state index in [-0.39, 0.29) is 17.4 Å². The summed E-state index contributed by atoms with van der Waals surface area (Å²) >= 11 is 0. The third-order valence-corrected chi connectivity index (χ3v) is 5.16. The number of pyridine rings is 1. The molecule has 1 N–H and O–H groups in total. The second-order valence-electron chi connectivity index (χ2n) is 7.93. The zero-order valence-corrected chi connectivity index (χ0v) is 18.7. The van der Waals surface area contributed by atoms with E-state index in [1.165, 1.54) is 6.20 Å². The first-order valence-corrected chi connectivity index (χ1v) is 11.0. The van der Waals surface area contributed by atoms with Gasteiger partial charge in [0.2, 0.25) is 5.88 Å². The summed E-state index contributed by atoms with van der Waals surface area (Å²) in [6.45, 7) is 4.69. The minimum absolute atomic E-state index is 0.222. The number of rotatable bonds is 8. The van der Waals surface area contributed by atoms with E-state index in [1.807, 2.05) is 66.7 Å². The van der Waals surface area contributed by atoms with E-state index in [1.54, 1.807) is 6.20 Å². The van der Waals surface area contributed by atoms with Crippen molar-refractivity contribution >= 4 is 5.91 Å². The van der Waals surface area contributed by atoms with Crippen molar-refractivity contribution in [2.24, 2.45) is 0 Å².